The minimum atomic E-state index is -0.0268. The Hall–Kier alpha value is -2.67. The number of carbonyl (C=O) groups is 2. The van der Waals surface area contributed by atoms with Crippen LogP contribution in [0.5, 0.6) is 0 Å². The highest BCUT2D eigenvalue weighted by Gasteiger charge is 2.30. The summed E-state index contributed by atoms with van der Waals surface area (Å²) in [6.45, 7) is 6.67. The zero-order valence-electron chi connectivity index (χ0n) is 18.4. The highest BCUT2D eigenvalue weighted by atomic mass is 16.2. The van der Waals surface area contributed by atoms with E-state index >= 15 is 0 Å². The van der Waals surface area contributed by atoms with E-state index in [-0.39, 0.29) is 17.7 Å². The molecule has 1 aromatic heterocycles. The summed E-state index contributed by atoms with van der Waals surface area (Å²) in [5.41, 5.74) is 2.44. The van der Waals surface area contributed by atoms with Crippen LogP contribution in [0, 0.1) is 0 Å². The van der Waals surface area contributed by atoms with Crippen molar-refractivity contribution in [2.75, 3.05) is 44.2 Å². The molecule has 4 rings (SSSR count). The monoisotopic (exact) mass is 423 g/mol. The van der Waals surface area contributed by atoms with Crippen LogP contribution < -0.4 is 4.90 Å². The number of anilines is 1. The molecule has 7 heteroatoms. The Morgan fingerprint density at radius 1 is 1.06 bits per heavy atom. The van der Waals surface area contributed by atoms with Crippen LogP contribution in [0.4, 0.5) is 5.69 Å². The lowest BCUT2D eigenvalue weighted by Crippen LogP contribution is -2.45. The molecular formula is C24H33N5O2. The zero-order chi connectivity index (χ0) is 21.6. The lowest BCUT2D eigenvalue weighted by molar-refractivity contribution is -0.133. The van der Waals surface area contributed by atoms with Crippen LogP contribution in [-0.4, -0.2) is 71.1 Å². The number of nitrogens with one attached hydrogen (secondary N) is 1. The second-order valence-electron chi connectivity index (χ2n) is 8.57. The summed E-state index contributed by atoms with van der Waals surface area (Å²) in [5.74, 6) is 0.429. The van der Waals surface area contributed by atoms with Crippen molar-refractivity contribution in [3.63, 3.8) is 0 Å². The fourth-order valence-corrected chi connectivity index (χ4v) is 4.80. The second kappa shape index (κ2) is 10.1. The van der Waals surface area contributed by atoms with E-state index in [2.05, 4.69) is 15.1 Å². The Bertz CT molecular complexity index is 867. The number of aromatic amines is 1. The van der Waals surface area contributed by atoms with E-state index in [0.29, 0.717) is 18.7 Å². The number of hydrogen-bond acceptors (Lipinski definition) is 4. The van der Waals surface area contributed by atoms with Gasteiger partial charge in [0.25, 0.3) is 5.91 Å². The predicted octanol–water partition coefficient (Wildman–Crippen LogP) is 3.27. The molecule has 0 atom stereocenters. The molecule has 2 aromatic rings. The van der Waals surface area contributed by atoms with Crippen LogP contribution >= 0.6 is 0 Å². The van der Waals surface area contributed by atoms with Crippen LogP contribution in [-0.2, 0) is 4.79 Å². The maximum atomic E-state index is 13.3. The Kier molecular flexibility index (Phi) is 7.02. The first-order valence-electron chi connectivity index (χ1n) is 11.6. The lowest BCUT2D eigenvalue weighted by Gasteiger charge is -2.34. The number of carbonyl (C=O) groups excluding carboxylic acids is 2. The van der Waals surface area contributed by atoms with Gasteiger partial charge in [-0.25, -0.2) is 0 Å². The van der Waals surface area contributed by atoms with Gasteiger partial charge in [-0.3, -0.25) is 19.6 Å². The van der Waals surface area contributed by atoms with Crippen LogP contribution in [0.25, 0.3) is 0 Å². The Morgan fingerprint density at radius 3 is 2.45 bits per heavy atom. The van der Waals surface area contributed by atoms with E-state index in [1.54, 1.807) is 11.1 Å². The number of aromatic nitrogens is 2. The van der Waals surface area contributed by atoms with Crippen molar-refractivity contribution in [3.8, 4) is 0 Å². The number of benzene rings is 1. The first-order chi connectivity index (χ1) is 15.2. The quantitative estimate of drug-likeness (QED) is 0.774. The maximum absolute atomic E-state index is 13.3. The summed E-state index contributed by atoms with van der Waals surface area (Å²) < 4.78 is 0. The van der Waals surface area contributed by atoms with Crippen molar-refractivity contribution >= 4 is 17.5 Å². The maximum Gasteiger partial charge on any atom is 0.261 e. The minimum Gasteiger partial charge on any atom is -0.342 e. The van der Waals surface area contributed by atoms with Crippen LogP contribution in [0.15, 0.2) is 36.5 Å². The summed E-state index contributed by atoms with van der Waals surface area (Å²) in [5, 5.41) is 7.29. The van der Waals surface area contributed by atoms with Gasteiger partial charge in [-0.15, -0.1) is 0 Å². The smallest absolute Gasteiger partial charge is 0.261 e. The third kappa shape index (κ3) is 4.98. The number of para-hydroxylation sites is 1. The van der Waals surface area contributed by atoms with Gasteiger partial charge in [-0.2, -0.15) is 5.10 Å². The standard InChI is InChI=1S/C24H33N5O2/c1-2-29(20-9-5-3-6-10-20)24(31)21-17-25-26-23(21)19-11-15-28(16-12-19)22(30)18-27-13-7-4-8-14-27/h3,5-6,9-10,17,19H,2,4,7-8,11-16,18H2,1H3,(H,25,26). The van der Waals surface area contributed by atoms with Gasteiger partial charge in [0.1, 0.15) is 0 Å². The summed E-state index contributed by atoms with van der Waals surface area (Å²) in [6, 6.07) is 9.74. The minimum absolute atomic E-state index is 0.0268. The molecular weight excluding hydrogens is 390 g/mol. The van der Waals surface area contributed by atoms with Crippen LogP contribution in [0.3, 0.4) is 0 Å². The van der Waals surface area contributed by atoms with Crippen molar-refractivity contribution in [2.24, 2.45) is 0 Å². The molecule has 1 N–H and O–H groups in total. The van der Waals surface area contributed by atoms with Crippen molar-refractivity contribution in [1.29, 1.82) is 0 Å². The van der Waals surface area contributed by atoms with Gasteiger partial charge in [-0.1, -0.05) is 24.6 Å². The topological polar surface area (TPSA) is 72.5 Å². The number of nitrogens with zero attached hydrogens (tertiary/aromatic N) is 4. The molecule has 0 unspecified atom stereocenters. The lowest BCUT2D eigenvalue weighted by atomic mass is 9.91. The van der Waals surface area contributed by atoms with Gasteiger partial charge in [0.05, 0.1) is 24.0 Å². The number of likely N-dealkylation sites (tertiary alicyclic amines) is 2. The summed E-state index contributed by atoms with van der Waals surface area (Å²) >= 11 is 0. The van der Waals surface area contributed by atoms with Crippen molar-refractivity contribution in [1.82, 2.24) is 20.0 Å². The highest BCUT2D eigenvalue weighted by molar-refractivity contribution is 6.06. The molecule has 2 aliphatic rings. The number of piperidine rings is 2. The van der Waals surface area contributed by atoms with E-state index in [9.17, 15) is 9.59 Å². The normalized spacial score (nSPS) is 18.2. The summed E-state index contributed by atoms with van der Waals surface area (Å²) in [4.78, 5) is 32.1. The van der Waals surface area contributed by atoms with E-state index in [0.717, 1.165) is 50.4 Å². The van der Waals surface area contributed by atoms with Crippen LogP contribution in [0.2, 0.25) is 0 Å². The first kappa shape index (κ1) is 21.6. The Balaban J connectivity index is 1.38. The zero-order valence-corrected chi connectivity index (χ0v) is 18.4. The molecule has 0 saturated carbocycles. The fourth-order valence-electron chi connectivity index (χ4n) is 4.80. The molecule has 166 valence electrons. The average molecular weight is 424 g/mol. The molecule has 2 amide bonds. The number of hydrogen-bond donors (Lipinski definition) is 1. The fraction of sp³-hybridized carbons (Fsp3) is 0.542. The third-order valence-corrected chi connectivity index (χ3v) is 6.59. The first-order valence-corrected chi connectivity index (χ1v) is 11.6. The molecule has 0 bridgehead atoms. The Labute approximate surface area is 184 Å². The molecule has 0 aliphatic carbocycles. The molecule has 31 heavy (non-hydrogen) atoms. The average Bonchev–Trinajstić information content (AvgIpc) is 3.31. The van der Waals surface area contributed by atoms with E-state index in [1.165, 1.54) is 19.3 Å². The summed E-state index contributed by atoms with van der Waals surface area (Å²) in [6.07, 6.45) is 7.03. The third-order valence-electron chi connectivity index (χ3n) is 6.59. The molecule has 0 spiro atoms. The molecule has 2 aliphatic heterocycles. The molecule has 7 nitrogen and oxygen atoms in total. The number of H-pyrrole nitrogens is 1. The van der Waals surface area contributed by atoms with Gasteiger partial charge < -0.3 is 9.80 Å². The Morgan fingerprint density at radius 2 is 1.77 bits per heavy atom. The van der Waals surface area contributed by atoms with Crippen molar-refractivity contribution < 1.29 is 9.59 Å². The molecule has 0 radical (unpaired) electrons. The van der Waals surface area contributed by atoms with Crippen molar-refractivity contribution in [2.45, 2.75) is 44.9 Å². The predicted molar refractivity (Wildman–Crippen MR) is 121 cm³/mol. The molecule has 1 aromatic carbocycles. The largest absolute Gasteiger partial charge is 0.342 e. The number of rotatable bonds is 6. The van der Waals surface area contributed by atoms with Gasteiger partial charge in [0, 0.05) is 31.2 Å². The van der Waals surface area contributed by atoms with Gasteiger partial charge in [0.15, 0.2) is 0 Å². The number of amides is 2. The van der Waals surface area contributed by atoms with Gasteiger partial charge in [-0.05, 0) is 57.8 Å². The molecule has 2 saturated heterocycles. The second-order valence-corrected chi connectivity index (χ2v) is 8.57. The van der Waals surface area contributed by atoms with E-state index < -0.39 is 0 Å². The SMILES string of the molecule is CCN(C(=O)c1cn[nH]c1C1CCN(C(=O)CN2CCCCC2)CC1)c1ccccc1. The molecule has 3 heterocycles. The van der Waals surface area contributed by atoms with Gasteiger partial charge >= 0.3 is 0 Å². The highest BCUT2D eigenvalue weighted by Crippen LogP contribution is 2.30. The van der Waals surface area contributed by atoms with E-state index in [1.807, 2.05) is 42.2 Å². The molecule has 2 fully saturated rings. The van der Waals surface area contributed by atoms with Crippen molar-refractivity contribution in [3.05, 3.63) is 47.8 Å². The van der Waals surface area contributed by atoms with Gasteiger partial charge in [0.2, 0.25) is 5.91 Å². The van der Waals surface area contributed by atoms with Crippen LogP contribution in [0.1, 0.15) is 61.0 Å². The summed E-state index contributed by atoms with van der Waals surface area (Å²) in [7, 11) is 0. The van der Waals surface area contributed by atoms with E-state index in [4.69, 9.17) is 0 Å².